The van der Waals surface area contributed by atoms with Crippen molar-refractivity contribution in [3.05, 3.63) is 106 Å². The number of hydrogen-bond acceptors (Lipinski definition) is 12. The van der Waals surface area contributed by atoms with E-state index >= 15 is 0 Å². The number of fused-ring (bicyclic) bond motifs is 3. The summed E-state index contributed by atoms with van der Waals surface area (Å²) < 4.78 is 36.4. The molecule has 0 spiro atoms. The fourth-order valence-corrected chi connectivity index (χ4v) is 16.7. The van der Waals surface area contributed by atoms with E-state index < -0.39 is 35.8 Å². The van der Waals surface area contributed by atoms with Crippen molar-refractivity contribution in [3.8, 4) is 0 Å². The predicted molar refractivity (Wildman–Crippen MR) is 246 cm³/mol. The summed E-state index contributed by atoms with van der Waals surface area (Å²) in [5.74, 6) is 3.04. The standard InChI is InChI=1S/C57H60O12/c58-52-28-1-2-29(4-3-28)53(59)65-41-17-35-14-37-19-43(25-49(37)47(35)23-41)67-55(61)31-9-11-33(12-10-31)57(63)69-45-21-39-15-38-20-44(26-50(38)51(39)27-45)68-56(62)32-7-5-30(6-8-32)54(60)66-42-18-36-13-34-16-40(64-52)22-46(34)48(36)24-42/h1-12,34-51H,13-27H2/t34-,35-,36+,37+,38-,39+,40+,41+,42-,43-,44+,45-,46+,47+,48-,49-,50+,51-. The maximum absolute atomic E-state index is 13.3. The van der Waals surface area contributed by atoms with Gasteiger partial charge < -0.3 is 28.4 Å². The molecule has 0 radical (unpaired) electrons. The predicted octanol–water partition coefficient (Wildman–Crippen LogP) is 9.62. The van der Waals surface area contributed by atoms with Gasteiger partial charge in [0.15, 0.2) is 0 Å². The summed E-state index contributed by atoms with van der Waals surface area (Å²) in [4.78, 5) is 80.1. The van der Waals surface area contributed by atoms with E-state index in [1.54, 1.807) is 72.8 Å². The summed E-state index contributed by atoms with van der Waals surface area (Å²) >= 11 is 0. The summed E-state index contributed by atoms with van der Waals surface area (Å²) in [7, 11) is 0. The van der Waals surface area contributed by atoms with E-state index in [2.05, 4.69) is 0 Å². The normalized spacial score (nSPS) is 41.0. The van der Waals surface area contributed by atoms with Gasteiger partial charge >= 0.3 is 35.8 Å². The number of ether oxygens (including phenoxy) is 6. The zero-order chi connectivity index (χ0) is 46.7. The third kappa shape index (κ3) is 8.05. The van der Waals surface area contributed by atoms with Gasteiger partial charge in [-0.1, -0.05) is 0 Å². The molecule has 9 aliphatic carbocycles. The Labute approximate surface area is 401 Å². The highest BCUT2D eigenvalue weighted by atomic mass is 16.6. The topological polar surface area (TPSA) is 158 Å². The van der Waals surface area contributed by atoms with Crippen LogP contribution in [0.2, 0.25) is 0 Å². The van der Waals surface area contributed by atoms with Crippen LogP contribution in [0.25, 0.3) is 0 Å². The van der Waals surface area contributed by atoms with Gasteiger partial charge in [0.1, 0.15) is 36.6 Å². The highest BCUT2D eigenvalue weighted by Gasteiger charge is 2.56. The van der Waals surface area contributed by atoms with Gasteiger partial charge in [-0.3, -0.25) is 0 Å². The minimum atomic E-state index is -0.391. The molecule has 18 atom stereocenters. The molecule has 13 aliphatic rings. The van der Waals surface area contributed by atoms with Crippen molar-refractivity contribution in [2.24, 2.45) is 71.0 Å². The number of carbonyl (C=O) groups excluding carboxylic acids is 6. The molecule has 4 heterocycles. The number of carbonyl (C=O) groups is 6. The Bertz CT molecular complexity index is 2100. The summed E-state index contributed by atoms with van der Waals surface area (Å²) in [6, 6.07) is 19.7. The molecule has 12 nitrogen and oxygen atoms in total. The Hall–Kier alpha value is -5.52. The average Bonchev–Trinajstić information content (AvgIpc) is 4.22. The lowest BCUT2D eigenvalue weighted by Crippen LogP contribution is -2.20. The van der Waals surface area contributed by atoms with Crippen molar-refractivity contribution in [1.82, 2.24) is 0 Å². The van der Waals surface area contributed by atoms with E-state index in [1.165, 1.54) is 0 Å². The van der Waals surface area contributed by atoms with Gasteiger partial charge in [0.05, 0.1) is 33.4 Å². The van der Waals surface area contributed by atoms with Gasteiger partial charge in [0, 0.05) is 0 Å². The third-order valence-electron chi connectivity index (χ3n) is 19.4. The molecule has 0 N–H and O–H groups in total. The number of rotatable bonds is 0. The second-order valence-corrected chi connectivity index (χ2v) is 23.0. The molecule has 9 fully saturated rings. The Morgan fingerprint density at radius 3 is 0.507 bits per heavy atom. The lowest BCUT2D eigenvalue weighted by atomic mass is 9.89. The quantitative estimate of drug-likeness (QED) is 0.156. The third-order valence-corrected chi connectivity index (χ3v) is 19.4. The first-order valence-corrected chi connectivity index (χ1v) is 26.1. The van der Waals surface area contributed by atoms with E-state index in [0.717, 1.165) is 96.3 Å². The van der Waals surface area contributed by atoms with Crippen molar-refractivity contribution >= 4 is 35.8 Å². The summed E-state index contributed by atoms with van der Waals surface area (Å²) in [5, 5.41) is 0. The van der Waals surface area contributed by atoms with Crippen LogP contribution in [0.3, 0.4) is 0 Å². The van der Waals surface area contributed by atoms with Crippen molar-refractivity contribution in [1.29, 1.82) is 0 Å². The Balaban J connectivity index is 0.677. The zero-order valence-electron chi connectivity index (χ0n) is 38.8. The molecular formula is C57H60O12. The second-order valence-electron chi connectivity index (χ2n) is 23.0. The number of esters is 6. The minimum Gasteiger partial charge on any atom is -0.459 e. The van der Waals surface area contributed by atoms with Crippen molar-refractivity contribution < 1.29 is 57.2 Å². The fourth-order valence-electron chi connectivity index (χ4n) is 16.7. The Morgan fingerprint density at radius 1 is 0.217 bits per heavy atom. The van der Waals surface area contributed by atoms with Crippen LogP contribution >= 0.6 is 0 Å². The minimum absolute atomic E-state index is 0.177. The van der Waals surface area contributed by atoms with Gasteiger partial charge in [-0.2, -0.15) is 0 Å². The van der Waals surface area contributed by atoms with Crippen LogP contribution in [-0.4, -0.2) is 72.4 Å². The van der Waals surface area contributed by atoms with Gasteiger partial charge in [-0.05, 0) is 240 Å². The highest BCUT2D eigenvalue weighted by molar-refractivity contribution is 5.95. The lowest BCUT2D eigenvalue weighted by Gasteiger charge is -2.19. The molecule has 16 rings (SSSR count). The smallest absolute Gasteiger partial charge is 0.338 e. The van der Waals surface area contributed by atoms with E-state index in [9.17, 15) is 28.8 Å². The first kappa shape index (κ1) is 43.5. The van der Waals surface area contributed by atoms with Gasteiger partial charge in [-0.15, -0.1) is 0 Å². The molecule has 18 bridgehead atoms. The second kappa shape index (κ2) is 17.1. The number of hydrogen-bond donors (Lipinski definition) is 0. The maximum Gasteiger partial charge on any atom is 0.338 e. The van der Waals surface area contributed by atoms with Crippen LogP contribution in [0, 0.1) is 71.0 Å². The van der Waals surface area contributed by atoms with Crippen LogP contribution < -0.4 is 0 Å². The molecule has 360 valence electrons. The van der Waals surface area contributed by atoms with E-state index in [-0.39, 0.29) is 36.6 Å². The van der Waals surface area contributed by atoms with Gasteiger partial charge in [0.2, 0.25) is 0 Å². The van der Waals surface area contributed by atoms with Crippen LogP contribution in [0.1, 0.15) is 158 Å². The van der Waals surface area contributed by atoms with Crippen LogP contribution in [0.15, 0.2) is 72.8 Å². The summed E-state index contributed by atoms with van der Waals surface area (Å²) in [6.07, 6.45) is 11.9. The van der Waals surface area contributed by atoms with Crippen LogP contribution in [-0.2, 0) is 28.4 Å². The molecule has 0 amide bonds. The SMILES string of the molecule is O=C1O[C@@H]2C[C@@H]3C[C@@H]4C[C@@H](C[C@@H]4[C@@H]3C2)OC(=O)c2ccc(cc2)C(=O)O[C@@H]2C[C@@H]3C[C@@H]4C[C@@H](C[C@@H]4[C@@H]3C2)OC(=O)c2ccc(cc2)C(=O)O[C@H]2C[C@H]3C[C@H]4C[C@H](C[C@H]4[C@H]3C2)OC(=O)c2ccc1cc2. The number of benzene rings is 3. The molecule has 0 unspecified atom stereocenters. The highest BCUT2D eigenvalue weighted by Crippen LogP contribution is 2.60. The molecule has 3 aromatic rings. The van der Waals surface area contributed by atoms with E-state index in [4.69, 9.17) is 28.4 Å². The monoisotopic (exact) mass is 936 g/mol. The van der Waals surface area contributed by atoms with Crippen LogP contribution in [0.4, 0.5) is 0 Å². The van der Waals surface area contributed by atoms with Crippen molar-refractivity contribution in [2.45, 2.75) is 133 Å². The van der Waals surface area contributed by atoms with Crippen molar-refractivity contribution in [3.63, 3.8) is 0 Å². The Morgan fingerprint density at radius 2 is 0.362 bits per heavy atom. The molecule has 0 saturated heterocycles. The van der Waals surface area contributed by atoms with E-state index in [1.807, 2.05) is 0 Å². The zero-order valence-corrected chi connectivity index (χ0v) is 38.8. The first-order valence-electron chi connectivity index (χ1n) is 26.1. The largest absolute Gasteiger partial charge is 0.459 e. The lowest BCUT2D eigenvalue weighted by molar-refractivity contribution is 0.0266. The van der Waals surface area contributed by atoms with Crippen LogP contribution in [0.5, 0.6) is 0 Å². The first-order chi connectivity index (χ1) is 33.5. The molecule has 0 aromatic heterocycles. The average molecular weight is 937 g/mol. The van der Waals surface area contributed by atoms with Crippen molar-refractivity contribution in [2.75, 3.05) is 0 Å². The van der Waals surface area contributed by atoms with E-state index in [0.29, 0.717) is 104 Å². The summed E-state index contributed by atoms with van der Waals surface area (Å²) in [5.41, 5.74) is 2.41. The molecule has 4 aliphatic heterocycles. The molecule has 69 heavy (non-hydrogen) atoms. The molecule has 12 heteroatoms. The summed E-state index contributed by atoms with van der Waals surface area (Å²) in [6.45, 7) is 0. The molecular weight excluding hydrogens is 877 g/mol. The molecule has 9 saturated carbocycles. The fraction of sp³-hybridized carbons (Fsp3) is 0.579. The molecule has 3 aromatic carbocycles. The van der Waals surface area contributed by atoms with Gasteiger partial charge in [0.25, 0.3) is 0 Å². The maximum atomic E-state index is 13.3. The van der Waals surface area contributed by atoms with Gasteiger partial charge in [-0.25, -0.2) is 28.8 Å². The Kier molecular flexibility index (Phi) is 10.8.